The monoisotopic (exact) mass is 292 g/mol. The van der Waals surface area contributed by atoms with Crippen LogP contribution < -0.4 is 11.1 Å². The molecule has 0 bridgehead atoms. The third-order valence-corrected chi connectivity index (χ3v) is 2.97. The normalized spacial score (nSPS) is 12.1. The van der Waals surface area contributed by atoms with Crippen LogP contribution in [-0.2, 0) is 9.53 Å². The molecule has 2 aromatic rings. The number of benzene rings is 1. The molecule has 2 rings (SSSR count). The van der Waals surface area contributed by atoms with Crippen molar-refractivity contribution in [3.8, 4) is 5.69 Å². The van der Waals surface area contributed by atoms with Gasteiger partial charge in [0, 0.05) is 13.7 Å². The number of carbonyl (C=O) groups is 1. The molecule has 1 atom stereocenters. The van der Waals surface area contributed by atoms with E-state index in [1.807, 2.05) is 0 Å². The van der Waals surface area contributed by atoms with Gasteiger partial charge in [-0.05, 0) is 12.1 Å². The highest BCUT2D eigenvalue weighted by Gasteiger charge is 2.13. The van der Waals surface area contributed by atoms with Crippen molar-refractivity contribution in [2.24, 2.45) is 5.73 Å². The Morgan fingerprint density at radius 2 is 2.29 bits per heavy atom. The number of aromatic nitrogens is 2. The molecule has 6 nitrogen and oxygen atoms in total. The van der Waals surface area contributed by atoms with E-state index in [1.54, 1.807) is 24.4 Å². The molecule has 0 saturated heterocycles. The Kier molecular flexibility index (Phi) is 5.02. The second-order valence-corrected chi connectivity index (χ2v) is 4.47. The van der Waals surface area contributed by atoms with Crippen molar-refractivity contribution in [3.63, 3.8) is 0 Å². The summed E-state index contributed by atoms with van der Waals surface area (Å²) < 4.78 is 20.0. The zero-order chi connectivity index (χ0) is 15.2. The molecule has 3 N–H and O–H groups in total. The van der Waals surface area contributed by atoms with Crippen LogP contribution in [0.5, 0.6) is 0 Å². The third kappa shape index (κ3) is 3.87. The maximum Gasteiger partial charge on any atom is 0.227 e. The number of hydrogen-bond acceptors (Lipinski definition) is 4. The minimum absolute atomic E-state index is 0.151. The van der Waals surface area contributed by atoms with Gasteiger partial charge in [-0.25, -0.2) is 9.07 Å². The fourth-order valence-corrected chi connectivity index (χ4v) is 1.84. The summed E-state index contributed by atoms with van der Waals surface area (Å²) in [4.78, 5) is 11.8. The van der Waals surface area contributed by atoms with Gasteiger partial charge in [0.25, 0.3) is 0 Å². The zero-order valence-electron chi connectivity index (χ0n) is 11.6. The Bertz CT molecular complexity index is 611. The van der Waals surface area contributed by atoms with Crippen molar-refractivity contribution < 1.29 is 13.9 Å². The van der Waals surface area contributed by atoms with Crippen LogP contribution in [0.1, 0.15) is 6.42 Å². The van der Waals surface area contributed by atoms with Crippen LogP contribution in [0.2, 0.25) is 0 Å². The van der Waals surface area contributed by atoms with E-state index in [1.165, 1.54) is 24.1 Å². The number of ether oxygens (including phenoxy) is 1. The molecule has 0 radical (unpaired) electrons. The molecule has 0 saturated carbocycles. The van der Waals surface area contributed by atoms with Crippen LogP contribution in [0.3, 0.4) is 0 Å². The fourth-order valence-electron chi connectivity index (χ4n) is 1.84. The number of rotatable bonds is 6. The molecule has 0 aliphatic carbocycles. The second kappa shape index (κ2) is 6.96. The standard InChI is InChI=1S/C14H17FN4O2/c1-21-11(7-16)6-14(20)18-10-8-17-19(9-10)13-5-3-2-4-12(13)15/h2-5,8-9,11H,6-7,16H2,1H3,(H,18,20). The number of anilines is 1. The molecule has 7 heteroatoms. The second-order valence-electron chi connectivity index (χ2n) is 4.47. The van der Waals surface area contributed by atoms with Crippen LogP contribution in [0, 0.1) is 5.82 Å². The summed E-state index contributed by atoms with van der Waals surface area (Å²) in [6.45, 7) is 0.262. The van der Waals surface area contributed by atoms with Gasteiger partial charge < -0.3 is 15.8 Å². The predicted molar refractivity (Wildman–Crippen MR) is 76.6 cm³/mol. The SMILES string of the molecule is COC(CN)CC(=O)Nc1cnn(-c2ccccc2F)c1. The lowest BCUT2D eigenvalue weighted by Crippen LogP contribution is -2.28. The molecular formula is C14H17FN4O2. The molecule has 1 amide bonds. The number of carbonyl (C=O) groups excluding carboxylic acids is 1. The molecule has 0 spiro atoms. The average molecular weight is 292 g/mol. The fraction of sp³-hybridized carbons (Fsp3) is 0.286. The Labute approximate surface area is 121 Å². The number of methoxy groups -OCH3 is 1. The van der Waals surface area contributed by atoms with Crippen molar-refractivity contribution in [1.29, 1.82) is 0 Å². The Hall–Kier alpha value is -2.25. The van der Waals surface area contributed by atoms with E-state index in [0.29, 0.717) is 11.4 Å². The molecule has 21 heavy (non-hydrogen) atoms. The maximum absolute atomic E-state index is 13.6. The Morgan fingerprint density at radius 1 is 1.52 bits per heavy atom. The van der Waals surface area contributed by atoms with Crippen LogP contribution >= 0.6 is 0 Å². The summed E-state index contributed by atoms with van der Waals surface area (Å²) in [7, 11) is 1.50. The Morgan fingerprint density at radius 3 is 2.95 bits per heavy atom. The van der Waals surface area contributed by atoms with E-state index in [4.69, 9.17) is 10.5 Å². The highest BCUT2D eigenvalue weighted by Crippen LogP contribution is 2.15. The molecule has 0 aliphatic heterocycles. The first-order valence-electron chi connectivity index (χ1n) is 6.46. The first-order valence-corrected chi connectivity index (χ1v) is 6.46. The van der Waals surface area contributed by atoms with E-state index >= 15 is 0 Å². The number of para-hydroxylation sites is 1. The van der Waals surface area contributed by atoms with E-state index < -0.39 is 0 Å². The lowest BCUT2D eigenvalue weighted by Gasteiger charge is -2.11. The summed E-state index contributed by atoms with van der Waals surface area (Å²) in [6.07, 6.45) is 2.82. The van der Waals surface area contributed by atoms with Crippen molar-refractivity contribution in [2.45, 2.75) is 12.5 Å². The van der Waals surface area contributed by atoms with Gasteiger partial charge in [0.1, 0.15) is 11.5 Å². The minimum Gasteiger partial charge on any atom is -0.380 e. The molecule has 0 fully saturated rings. The first kappa shape index (κ1) is 15.1. The molecular weight excluding hydrogens is 275 g/mol. The topological polar surface area (TPSA) is 82.2 Å². The summed E-state index contributed by atoms with van der Waals surface area (Å²) in [5.41, 5.74) is 6.25. The van der Waals surface area contributed by atoms with Crippen LogP contribution in [-0.4, -0.2) is 35.4 Å². The largest absolute Gasteiger partial charge is 0.380 e. The quantitative estimate of drug-likeness (QED) is 0.841. The lowest BCUT2D eigenvalue weighted by molar-refractivity contribution is -0.118. The van der Waals surface area contributed by atoms with Crippen molar-refractivity contribution in [2.75, 3.05) is 19.0 Å². The van der Waals surface area contributed by atoms with E-state index in [9.17, 15) is 9.18 Å². The Balaban J connectivity index is 2.04. The van der Waals surface area contributed by atoms with Crippen LogP contribution in [0.15, 0.2) is 36.7 Å². The van der Waals surface area contributed by atoms with Gasteiger partial charge in [0.15, 0.2) is 0 Å². The number of nitrogens with two attached hydrogens (primary N) is 1. The summed E-state index contributed by atoms with van der Waals surface area (Å²) in [5, 5.41) is 6.70. The lowest BCUT2D eigenvalue weighted by atomic mass is 10.2. The summed E-state index contributed by atoms with van der Waals surface area (Å²) in [5.74, 6) is -0.624. The molecule has 112 valence electrons. The highest BCUT2D eigenvalue weighted by molar-refractivity contribution is 5.90. The number of halogens is 1. The van der Waals surface area contributed by atoms with Crippen molar-refractivity contribution >= 4 is 11.6 Å². The van der Waals surface area contributed by atoms with Gasteiger partial charge in [-0.3, -0.25) is 4.79 Å². The average Bonchev–Trinajstić information content (AvgIpc) is 2.93. The summed E-state index contributed by atoms with van der Waals surface area (Å²) in [6, 6.07) is 6.26. The van der Waals surface area contributed by atoms with E-state index in [2.05, 4.69) is 10.4 Å². The molecule has 1 heterocycles. The van der Waals surface area contributed by atoms with Gasteiger partial charge in [0.2, 0.25) is 5.91 Å². The van der Waals surface area contributed by atoms with Crippen LogP contribution in [0.25, 0.3) is 5.69 Å². The van der Waals surface area contributed by atoms with Gasteiger partial charge in [0.05, 0.1) is 30.6 Å². The highest BCUT2D eigenvalue weighted by atomic mass is 19.1. The van der Waals surface area contributed by atoms with Gasteiger partial charge in [-0.1, -0.05) is 12.1 Å². The maximum atomic E-state index is 13.6. The molecule has 1 aromatic heterocycles. The molecule has 1 aromatic carbocycles. The van der Waals surface area contributed by atoms with Crippen molar-refractivity contribution in [1.82, 2.24) is 9.78 Å². The third-order valence-electron chi connectivity index (χ3n) is 2.97. The summed E-state index contributed by atoms with van der Waals surface area (Å²) >= 11 is 0. The number of amides is 1. The smallest absolute Gasteiger partial charge is 0.227 e. The predicted octanol–water partition coefficient (Wildman–Crippen LogP) is 1.31. The van der Waals surface area contributed by atoms with Gasteiger partial charge >= 0.3 is 0 Å². The molecule has 1 unspecified atom stereocenters. The van der Waals surface area contributed by atoms with E-state index in [0.717, 1.165) is 0 Å². The van der Waals surface area contributed by atoms with Crippen molar-refractivity contribution in [3.05, 3.63) is 42.5 Å². The zero-order valence-corrected chi connectivity index (χ0v) is 11.6. The number of hydrogen-bond donors (Lipinski definition) is 2. The van der Waals surface area contributed by atoms with Crippen LogP contribution in [0.4, 0.5) is 10.1 Å². The number of nitrogens with one attached hydrogen (secondary N) is 1. The number of nitrogens with zero attached hydrogens (tertiary/aromatic N) is 2. The minimum atomic E-state index is -0.388. The molecule has 0 aliphatic rings. The van der Waals surface area contributed by atoms with Gasteiger partial charge in [-0.15, -0.1) is 0 Å². The van der Waals surface area contributed by atoms with Gasteiger partial charge in [-0.2, -0.15) is 5.10 Å². The first-order chi connectivity index (χ1) is 10.1. The van der Waals surface area contributed by atoms with E-state index in [-0.39, 0.29) is 30.8 Å².